The first-order chi connectivity index (χ1) is 4.74. The second-order valence-corrected chi connectivity index (χ2v) is 3.83. The van der Waals surface area contributed by atoms with E-state index < -0.39 is 0 Å². The molecule has 0 unspecified atom stereocenters. The highest BCUT2D eigenvalue weighted by Crippen LogP contribution is 2.27. The molecule has 0 nitrogen and oxygen atoms in total. The highest BCUT2D eigenvalue weighted by Gasteiger charge is 1.97. The Balaban J connectivity index is 2.95. The van der Waals surface area contributed by atoms with Gasteiger partial charge >= 0.3 is 0 Å². The smallest absolute Gasteiger partial charge is 0.0934 e. The second kappa shape index (κ2) is 3.42. The van der Waals surface area contributed by atoms with Gasteiger partial charge in [0.1, 0.15) is 0 Å². The van der Waals surface area contributed by atoms with Gasteiger partial charge in [-0.05, 0) is 24.6 Å². The van der Waals surface area contributed by atoms with Crippen molar-refractivity contribution < 1.29 is 0 Å². The van der Waals surface area contributed by atoms with E-state index in [0.717, 1.165) is 14.8 Å². The van der Waals surface area contributed by atoms with Crippen LogP contribution in [0.4, 0.5) is 0 Å². The lowest BCUT2D eigenvalue weighted by atomic mass is 10.3. The van der Waals surface area contributed by atoms with Crippen LogP contribution in [0.2, 0.25) is 4.34 Å². The first kappa shape index (κ1) is 8.12. The number of thiophene rings is 1. The van der Waals surface area contributed by atoms with E-state index in [0.29, 0.717) is 0 Å². The molecule has 10 heavy (non-hydrogen) atoms. The summed E-state index contributed by atoms with van der Waals surface area (Å²) in [5, 5.41) is 0. The maximum absolute atomic E-state index is 5.71. The molecule has 0 aliphatic carbocycles. The van der Waals surface area contributed by atoms with Crippen LogP contribution in [-0.2, 0) is 0 Å². The van der Waals surface area contributed by atoms with E-state index >= 15 is 0 Å². The third-order valence-electron chi connectivity index (χ3n) is 1.13. The van der Waals surface area contributed by atoms with Crippen molar-refractivity contribution in [1.82, 2.24) is 0 Å². The molecular formula is C7H6Cl2S. The third-order valence-corrected chi connectivity index (χ3v) is 2.82. The van der Waals surface area contributed by atoms with Crippen molar-refractivity contribution in [2.45, 2.75) is 6.92 Å². The van der Waals surface area contributed by atoms with Crippen LogP contribution in [0, 0.1) is 0 Å². The Hall–Kier alpha value is 0.0200. The fourth-order valence-electron chi connectivity index (χ4n) is 0.580. The predicted octanol–water partition coefficient (Wildman–Crippen LogP) is 4.00. The normalized spacial score (nSPS) is 12.1. The highest BCUT2D eigenvalue weighted by molar-refractivity contribution is 7.17. The van der Waals surface area contributed by atoms with E-state index in [1.807, 2.05) is 19.1 Å². The molecule has 0 N–H and O–H groups in total. The summed E-state index contributed by atoms with van der Waals surface area (Å²) in [5.74, 6) is 0. The Labute approximate surface area is 74.1 Å². The largest absolute Gasteiger partial charge is 0.124 e. The SMILES string of the molecule is CC(=CCl)c1ccc(Cl)s1. The fourth-order valence-corrected chi connectivity index (χ4v) is 1.78. The molecule has 0 saturated heterocycles. The molecule has 54 valence electrons. The number of rotatable bonds is 1. The summed E-state index contributed by atoms with van der Waals surface area (Å²) in [4.78, 5) is 1.13. The summed E-state index contributed by atoms with van der Waals surface area (Å²) in [6.45, 7) is 1.95. The van der Waals surface area contributed by atoms with Crippen LogP contribution in [-0.4, -0.2) is 0 Å². The van der Waals surface area contributed by atoms with Gasteiger partial charge in [0.25, 0.3) is 0 Å². The van der Waals surface area contributed by atoms with E-state index in [4.69, 9.17) is 23.2 Å². The van der Waals surface area contributed by atoms with Crippen LogP contribution in [0.5, 0.6) is 0 Å². The lowest BCUT2D eigenvalue weighted by Gasteiger charge is -1.89. The zero-order valence-electron chi connectivity index (χ0n) is 5.40. The first-order valence-corrected chi connectivity index (χ1v) is 4.40. The molecule has 1 aromatic heterocycles. The summed E-state index contributed by atoms with van der Waals surface area (Å²) in [6, 6.07) is 3.83. The molecule has 1 rings (SSSR count). The zero-order chi connectivity index (χ0) is 7.56. The van der Waals surface area contributed by atoms with Crippen molar-refractivity contribution in [3.05, 3.63) is 26.9 Å². The Bertz CT molecular complexity index is 250. The van der Waals surface area contributed by atoms with E-state index in [1.165, 1.54) is 11.3 Å². The van der Waals surface area contributed by atoms with Crippen LogP contribution < -0.4 is 0 Å². The summed E-state index contributed by atoms with van der Waals surface area (Å²) >= 11 is 12.7. The molecule has 3 heteroatoms. The zero-order valence-corrected chi connectivity index (χ0v) is 7.72. The van der Waals surface area contributed by atoms with Gasteiger partial charge < -0.3 is 0 Å². The first-order valence-electron chi connectivity index (χ1n) is 2.76. The average molecular weight is 193 g/mol. The van der Waals surface area contributed by atoms with Gasteiger partial charge in [0.2, 0.25) is 0 Å². The number of hydrogen-bond donors (Lipinski definition) is 0. The predicted molar refractivity (Wildman–Crippen MR) is 48.8 cm³/mol. The van der Waals surface area contributed by atoms with Crippen molar-refractivity contribution in [2.24, 2.45) is 0 Å². The molecule has 0 radical (unpaired) electrons. The monoisotopic (exact) mass is 192 g/mol. The maximum atomic E-state index is 5.71. The molecule has 0 fully saturated rings. The molecule has 0 spiro atoms. The van der Waals surface area contributed by atoms with Gasteiger partial charge in [-0.1, -0.05) is 23.2 Å². The lowest BCUT2D eigenvalue weighted by Crippen LogP contribution is -1.64. The molecule has 0 aliphatic rings. The van der Waals surface area contributed by atoms with Gasteiger partial charge in [-0.15, -0.1) is 11.3 Å². The van der Waals surface area contributed by atoms with E-state index in [2.05, 4.69) is 0 Å². The standard InChI is InChI=1S/C7H6Cl2S/c1-5(4-8)6-2-3-7(9)10-6/h2-4H,1H3. The van der Waals surface area contributed by atoms with Gasteiger partial charge in [0.15, 0.2) is 0 Å². The highest BCUT2D eigenvalue weighted by atomic mass is 35.5. The fraction of sp³-hybridized carbons (Fsp3) is 0.143. The Kier molecular flexibility index (Phi) is 2.78. The molecule has 0 bridgehead atoms. The number of allylic oxidation sites excluding steroid dienone is 1. The molecule has 0 saturated carbocycles. The van der Waals surface area contributed by atoms with Gasteiger partial charge in [-0.3, -0.25) is 0 Å². The van der Waals surface area contributed by atoms with Gasteiger partial charge in [-0.2, -0.15) is 0 Å². The summed E-state index contributed by atoms with van der Waals surface area (Å²) < 4.78 is 0.799. The minimum atomic E-state index is 0.799. The quantitative estimate of drug-likeness (QED) is 0.632. The topological polar surface area (TPSA) is 0 Å². The molecule has 0 atom stereocenters. The van der Waals surface area contributed by atoms with Gasteiger partial charge in [0.05, 0.1) is 4.34 Å². The second-order valence-electron chi connectivity index (χ2n) is 1.90. The van der Waals surface area contributed by atoms with Crippen molar-refractivity contribution in [1.29, 1.82) is 0 Å². The molecular weight excluding hydrogens is 187 g/mol. The van der Waals surface area contributed by atoms with Gasteiger partial charge in [0, 0.05) is 10.4 Å². The molecule has 1 heterocycles. The van der Waals surface area contributed by atoms with Crippen molar-refractivity contribution >= 4 is 40.1 Å². The van der Waals surface area contributed by atoms with Crippen LogP contribution in [0.3, 0.4) is 0 Å². The van der Waals surface area contributed by atoms with Crippen LogP contribution >= 0.6 is 34.5 Å². The van der Waals surface area contributed by atoms with Crippen molar-refractivity contribution in [3.8, 4) is 0 Å². The number of hydrogen-bond acceptors (Lipinski definition) is 1. The summed E-state index contributed by atoms with van der Waals surface area (Å²) in [5.41, 5.74) is 2.61. The minimum absolute atomic E-state index is 0.799. The Morgan fingerprint density at radius 1 is 1.60 bits per heavy atom. The van der Waals surface area contributed by atoms with E-state index in [9.17, 15) is 0 Å². The van der Waals surface area contributed by atoms with E-state index in [1.54, 1.807) is 5.54 Å². The average Bonchev–Trinajstić information content (AvgIpc) is 2.34. The van der Waals surface area contributed by atoms with Crippen LogP contribution in [0.1, 0.15) is 11.8 Å². The Morgan fingerprint density at radius 2 is 2.30 bits per heavy atom. The summed E-state index contributed by atoms with van der Waals surface area (Å²) in [7, 11) is 0. The van der Waals surface area contributed by atoms with Crippen LogP contribution in [0.15, 0.2) is 17.7 Å². The van der Waals surface area contributed by atoms with Crippen LogP contribution in [0.25, 0.3) is 5.57 Å². The number of halogens is 2. The summed E-state index contributed by atoms with van der Waals surface area (Å²) in [6.07, 6.45) is 0. The molecule has 0 aromatic carbocycles. The van der Waals surface area contributed by atoms with E-state index in [-0.39, 0.29) is 0 Å². The molecule has 0 aliphatic heterocycles. The van der Waals surface area contributed by atoms with Gasteiger partial charge in [-0.25, -0.2) is 0 Å². The van der Waals surface area contributed by atoms with Crippen molar-refractivity contribution in [3.63, 3.8) is 0 Å². The van der Waals surface area contributed by atoms with Crippen molar-refractivity contribution in [2.75, 3.05) is 0 Å². The minimum Gasteiger partial charge on any atom is -0.124 e. The molecule has 1 aromatic rings. The lowest BCUT2D eigenvalue weighted by molar-refractivity contribution is 1.74. The molecule has 0 amide bonds. The maximum Gasteiger partial charge on any atom is 0.0934 e. The third kappa shape index (κ3) is 1.75. The Morgan fingerprint density at radius 3 is 2.70 bits per heavy atom.